The highest BCUT2D eigenvalue weighted by Gasteiger charge is 2.22. The molecular weight excluding hydrogens is 244 g/mol. The second-order valence-electron chi connectivity index (χ2n) is 5.45. The van der Waals surface area contributed by atoms with Crippen LogP contribution in [-0.4, -0.2) is 19.6 Å². The van der Waals surface area contributed by atoms with Gasteiger partial charge in [0, 0.05) is 31.2 Å². The molecular formula is C18H24N2. The first-order chi connectivity index (χ1) is 9.63. The maximum atomic E-state index is 6.04. The van der Waals surface area contributed by atoms with Crippen molar-refractivity contribution in [2.75, 3.05) is 18.5 Å². The zero-order valence-electron chi connectivity index (χ0n) is 12.6. The van der Waals surface area contributed by atoms with Gasteiger partial charge in [0.2, 0.25) is 0 Å². The van der Waals surface area contributed by atoms with E-state index >= 15 is 0 Å². The molecule has 2 aromatic rings. The lowest BCUT2D eigenvalue weighted by molar-refractivity contribution is 0.547. The number of aryl methyl sites for hydroxylation is 1. The molecule has 0 amide bonds. The van der Waals surface area contributed by atoms with Crippen LogP contribution in [0.5, 0.6) is 0 Å². The van der Waals surface area contributed by atoms with Gasteiger partial charge in [0.15, 0.2) is 0 Å². The van der Waals surface area contributed by atoms with Crippen molar-refractivity contribution < 1.29 is 0 Å². The second kappa shape index (κ2) is 6.58. The lowest BCUT2D eigenvalue weighted by Gasteiger charge is -2.34. The summed E-state index contributed by atoms with van der Waals surface area (Å²) in [6.07, 6.45) is 0. The standard InChI is InChI=1S/C18H24N2/c1-14-9-11-17(12-10-14)20(3)18(13-19)15(2)16-7-5-4-6-8-16/h4-12,15,18H,13,19H2,1-3H3. The Morgan fingerprint density at radius 3 is 2.15 bits per heavy atom. The normalized spacial score (nSPS) is 13.8. The molecule has 0 aliphatic rings. The summed E-state index contributed by atoms with van der Waals surface area (Å²) < 4.78 is 0. The van der Waals surface area contributed by atoms with Crippen molar-refractivity contribution in [2.24, 2.45) is 5.73 Å². The van der Waals surface area contributed by atoms with Crippen molar-refractivity contribution >= 4 is 5.69 Å². The Kier molecular flexibility index (Phi) is 4.80. The van der Waals surface area contributed by atoms with E-state index in [9.17, 15) is 0 Å². The molecule has 106 valence electrons. The third kappa shape index (κ3) is 3.20. The van der Waals surface area contributed by atoms with Gasteiger partial charge in [-0.25, -0.2) is 0 Å². The van der Waals surface area contributed by atoms with Crippen molar-refractivity contribution in [2.45, 2.75) is 25.8 Å². The SMILES string of the molecule is Cc1ccc(N(C)C(CN)C(C)c2ccccc2)cc1. The Balaban J connectivity index is 2.21. The zero-order valence-corrected chi connectivity index (χ0v) is 12.6. The molecule has 0 aliphatic heterocycles. The molecule has 0 fully saturated rings. The molecule has 2 unspecified atom stereocenters. The molecule has 0 saturated carbocycles. The highest BCUT2D eigenvalue weighted by Crippen LogP contribution is 2.25. The van der Waals surface area contributed by atoms with E-state index in [0.29, 0.717) is 18.5 Å². The van der Waals surface area contributed by atoms with Crippen LogP contribution >= 0.6 is 0 Å². The van der Waals surface area contributed by atoms with E-state index in [1.165, 1.54) is 16.8 Å². The van der Waals surface area contributed by atoms with Crippen LogP contribution in [0.4, 0.5) is 5.69 Å². The van der Waals surface area contributed by atoms with Gasteiger partial charge in [-0.1, -0.05) is 55.0 Å². The van der Waals surface area contributed by atoms with E-state index in [1.807, 2.05) is 0 Å². The van der Waals surface area contributed by atoms with E-state index < -0.39 is 0 Å². The molecule has 0 spiro atoms. The summed E-state index contributed by atoms with van der Waals surface area (Å²) in [5.41, 5.74) is 9.87. The monoisotopic (exact) mass is 268 g/mol. The van der Waals surface area contributed by atoms with Crippen molar-refractivity contribution in [1.29, 1.82) is 0 Å². The van der Waals surface area contributed by atoms with E-state index in [0.717, 1.165) is 0 Å². The predicted molar refractivity (Wildman–Crippen MR) is 87.3 cm³/mol. The first kappa shape index (κ1) is 14.6. The fraction of sp³-hybridized carbons (Fsp3) is 0.333. The van der Waals surface area contributed by atoms with Crippen LogP contribution in [0, 0.1) is 6.92 Å². The summed E-state index contributed by atoms with van der Waals surface area (Å²) in [7, 11) is 2.13. The molecule has 0 bridgehead atoms. The minimum Gasteiger partial charge on any atom is -0.370 e. The molecule has 2 aromatic carbocycles. The van der Waals surface area contributed by atoms with E-state index in [4.69, 9.17) is 5.73 Å². The van der Waals surface area contributed by atoms with Gasteiger partial charge in [-0.05, 0) is 24.6 Å². The Morgan fingerprint density at radius 2 is 1.60 bits per heavy atom. The lowest BCUT2D eigenvalue weighted by atomic mass is 9.92. The maximum absolute atomic E-state index is 6.04. The number of nitrogens with zero attached hydrogens (tertiary/aromatic N) is 1. The Labute approximate surface area is 122 Å². The molecule has 2 atom stereocenters. The van der Waals surface area contributed by atoms with Gasteiger partial charge in [-0.2, -0.15) is 0 Å². The largest absolute Gasteiger partial charge is 0.370 e. The average molecular weight is 268 g/mol. The molecule has 0 aliphatic carbocycles. The molecule has 2 nitrogen and oxygen atoms in total. The first-order valence-electron chi connectivity index (χ1n) is 7.18. The first-order valence-corrected chi connectivity index (χ1v) is 7.18. The molecule has 2 N–H and O–H groups in total. The van der Waals surface area contributed by atoms with Gasteiger partial charge in [-0.15, -0.1) is 0 Å². The van der Waals surface area contributed by atoms with Crippen LogP contribution in [0.2, 0.25) is 0 Å². The highest BCUT2D eigenvalue weighted by atomic mass is 15.1. The quantitative estimate of drug-likeness (QED) is 0.898. The third-order valence-electron chi connectivity index (χ3n) is 4.08. The number of nitrogens with two attached hydrogens (primary N) is 1. The molecule has 0 saturated heterocycles. The molecule has 0 radical (unpaired) electrons. The van der Waals surface area contributed by atoms with Gasteiger partial charge in [0.05, 0.1) is 0 Å². The highest BCUT2D eigenvalue weighted by molar-refractivity contribution is 5.48. The van der Waals surface area contributed by atoms with Crippen molar-refractivity contribution in [3.63, 3.8) is 0 Å². The van der Waals surface area contributed by atoms with Gasteiger partial charge in [0.25, 0.3) is 0 Å². The van der Waals surface area contributed by atoms with Gasteiger partial charge >= 0.3 is 0 Å². The van der Waals surface area contributed by atoms with Gasteiger partial charge in [0.1, 0.15) is 0 Å². The number of rotatable bonds is 5. The Bertz CT molecular complexity index is 519. The number of anilines is 1. The minimum absolute atomic E-state index is 0.292. The molecule has 0 heterocycles. The minimum atomic E-state index is 0.292. The Morgan fingerprint density at radius 1 is 1.00 bits per heavy atom. The van der Waals surface area contributed by atoms with E-state index in [-0.39, 0.29) is 0 Å². The zero-order chi connectivity index (χ0) is 14.5. The summed E-state index contributed by atoms with van der Waals surface area (Å²) in [6.45, 7) is 4.99. The topological polar surface area (TPSA) is 29.3 Å². The Hall–Kier alpha value is -1.80. The molecule has 20 heavy (non-hydrogen) atoms. The van der Waals surface area contributed by atoms with Crippen molar-refractivity contribution in [3.8, 4) is 0 Å². The van der Waals surface area contributed by atoms with E-state index in [1.54, 1.807) is 0 Å². The van der Waals surface area contributed by atoms with Crippen LogP contribution in [0.1, 0.15) is 24.0 Å². The van der Waals surface area contributed by atoms with Crippen molar-refractivity contribution in [1.82, 2.24) is 0 Å². The molecule has 2 heteroatoms. The summed E-state index contributed by atoms with van der Waals surface area (Å²) in [6, 6.07) is 19.5. The summed E-state index contributed by atoms with van der Waals surface area (Å²) in [4.78, 5) is 2.29. The number of hydrogen-bond acceptors (Lipinski definition) is 2. The number of hydrogen-bond donors (Lipinski definition) is 1. The third-order valence-corrected chi connectivity index (χ3v) is 4.08. The van der Waals surface area contributed by atoms with Crippen LogP contribution in [-0.2, 0) is 0 Å². The van der Waals surface area contributed by atoms with Gasteiger partial charge in [-0.3, -0.25) is 0 Å². The molecule has 2 rings (SSSR count). The maximum Gasteiger partial charge on any atom is 0.0474 e. The summed E-state index contributed by atoms with van der Waals surface area (Å²) in [5.74, 6) is 0.396. The van der Waals surface area contributed by atoms with Crippen LogP contribution < -0.4 is 10.6 Å². The number of likely N-dealkylation sites (N-methyl/N-ethyl adjacent to an activating group) is 1. The van der Waals surface area contributed by atoms with Crippen molar-refractivity contribution in [3.05, 3.63) is 65.7 Å². The van der Waals surface area contributed by atoms with Crippen LogP contribution in [0.15, 0.2) is 54.6 Å². The lowest BCUT2D eigenvalue weighted by Crippen LogP contribution is -2.41. The number of benzene rings is 2. The second-order valence-corrected chi connectivity index (χ2v) is 5.45. The van der Waals surface area contributed by atoms with Crippen LogP contribution in [0.3, 0.4) is 0 Å². The fourth-order valence-corrected chi connectivity index (χ4v) is 2.65. The summed E-state index contributed by atoms with van der Waals surface area (Å²) >= 11 is 0. The fourth-order valence-electron chi connectivity index (χ4n) is 2.65. The summed E-state index contributed by atoms with van der Waals surface area (Å²) in [5, 5.41) is 0. The van der Waals surface area contributed by atoms with E-state index in [2.05, 4.69) is 80.4 Å². The van der Waals surface area contributed by atoms with Gasteiger partial charge < -0.3 is 10.6 Å². The molecule has 0 aromatic heterocycles. The predicted octanol–water partition coefficient (Wildman–Crippen LogP) is 3.56. The smallest absolute Gasteiger partial charge is 0.0474 e. The average Bonchev–Trinajstić information content (AvgIpc) is 2.49. The van der Waals surface area contributed by atoms with Crippen LogP contribution in [0.25, 0.3) is 0 Å².